The van der Waals surface area contributed by atoms with E-state index < -0.39 is 0 Å². The van der Waals surface area contributed by atoms with Crippen LogP contribution in [0.15, 0.2) is 17.1 Å². The summed E-state index contributed by atoms with van der Waals surface area (Å²) in [6.45, 7) is 5.23. The molecule has 5 heteroatoms. The largest absolute Gasteiger partial charge is 0.451 e. The van der Waals surface area contributed by atoms with E-state index in [2.05, 4.69) is 16.8 Å². The number of oxazole rings is 1. The Morgan fingerprint density at radius 2 is 2.50 bits per heavy atom. The molecule has 1 aromatic heterocycles. The average Bonchev–Trinajstić information content (AvgIpc) is 2.71. The first kappa shape index (κ1) is 13.5. The van der Waals surface area contributed by atoms with Crippen molar-refractivity contribution in [3.05, 3.63) is 18.4 Å². The number of piperidine rings is 1. The van der Waals surface area contributed by atoms with Gasteiger partial charge in [0.2, 0.25) is 0 Å². The van der Waals surface area contributed by atoms with E-state index in [1.165, 1.54) is 19.2 Å². The van der Waals surface area contributed by atoms with Crippen LogP contribution in [0.4, 0.5) is 0 Å². The van der Waals surface area contributed by atoms with E-state index in [4.69, 9.17) is 10.2 Å². The molecule has 92 valence electrons. The number of hydrogen-bond acceptors (Lipinski definition) is 4. The number of nitrogens with zero attached hydrogens (tertiary/aromatic N) is 2. The van der Waals surface area contributed by atoms with Gasteiger partial charge >= 0.3 is 0 Å². The predicted molar refractivity (Wildman–Crippen MR) is 65.4 cm³/mol. The molecule has 0 bridgehead atoms. The second kappa shape index (κ2) is 6.23. The molecule has 1 aliphatic rings. The zero-order chi connectivity index (χ0) is 10.7. The Kier molecular flexibility index (Phi) is 5.25. The summed E-state index contributed by atoms with van der Waals surface area (Å²) in [4.78, 5) is 6.55. The third kappa shape index (κ3) is 3.47. The molecule has 4 nitrogen and oxygen atoms in total. The summed E-state index contributed by atoms with van der Waals surface area (Å²) in [7, 11) is 0. The van der Waals surface area contributed by atoms with Crippen LogP contribution < -0.4 is 5.73 Å². The lowest BCUT2D eigenvalue weighted by molar-refractivity contribution is 0.153. The summed E-state index contributed by atoms with van der Waals surface area (Å²) in [6, 6.07) is 0.296. The first-order chi connectivity index (χ1) is 7.25. The van der Waals surface area contributed by atoms with E-state index in [0.29, 0.717) is 12.0 Å². The highest BCUT2D eigenvalue weighted by atomic mass is 35.5. The van der Waals surface area contributed by atoms with Crippen molar-refractivity contribution < 1.29 is 4.42 Å². The zero-order valence-electron chi connectivity index (χ0n) is 9.63. The minimum atomic E-state index is 0. The van der Waals surface area contributed by atoms with E-state index in [9.17, 15) is 0 Å². The van der Waals surface area contributed by atoms with Gasteiger partial charge in [0.05, 0.1) is 5.69 Å². The van der Waals surface area contributed by atoms with Crippen LogP contribution in [0.2, 0.25) is 0 Å². The van der Waals surface area contributed by atoms with Gasteiger partial charge in [-0.2, -0.15) is 0 Å². The van der Waals surface area contributed by atoms with Gasteiger partial charge in [-0.25, -0.2) is 4.98 Å². The highest BCUT2D eigenvalue weighted by Gasteiger charge is 2.22. The third-order valence-corrected chi connectivity index (χ3v) is 3.15. The van der Waals surface area contributed by atoms with Crippen LogP contribution in [-0.2, 0) is 6.54 Å². The van der Waals surface area contributed by atoms with Gasteiger partial charge in [-0.05, 0) is 32.2 Å². The van der Waals surface area contributed by atoms with Crippen LogP contribution in [-0.4, -0.2) is 29.0 Å². The molecular formula is C11H20ClN3O. The van der Waals surface area contributed by atoms with Gasteiger partial charge in [0.15, 0.2) is 6.39 Å². The van der Waals surface area contributed by atoms with E-state index >= 15 is 0 Å². The molecule has 1 aromatic rings. The number of halogens is 1. The molecule has 2 rings (SSSR count). The molecule has 0 aromatic carbocycles. The number of hydrogen-bond donors (Lipinski definition) is 1. The van der Waals surface area contributed by atoms with Crippen molar-refractivity contribution in [1.29, 1.82) is 0 Å². The Morgan fingerprint density at radius 3 is 3.12 bits per heavy atom. The maximum atomic E-state index is 5.94. The van der Waals surface area contributed by atoms with Crippen molar-refractivity contribution in [2.75, 3.05) is 13.1 Å². The molecule has 1 saturated heterocycles. The van der Waals surface area contributed by atoms with Crippen molar-refractivity contribution in [2.45, 2.75) is 32.4 Å². The minimum Gasteiger partial charge on any atom is -0.451 e. The van der Waals surface area contributed by atoms with Crippen molar-refractivity contribution in [1.82, 2.24) is 9.88 Å². The fourth-order valence-electron chi connectivity index (χ4n) is 2.21. The van der Waals surface area contributed by atoms with E-state index in [1.54, 1.807) is 6.26 Å². The van der Waals surface area contributed by atoms with Crippen LogP contribution in [0.3, 0.4) is 0 Å². The average molecular weight is 246 g/mol. The molecule has 0 spiro atoms. The maximum absolute atomic E-state index is 5.94. The van der Waals surface area contributed by atoms with Gasteiger partial charge < -0.3 is 10.2 Å². The molecule has 0 amide bonds. The van der Waals surface area contributed by atoms with E-state index in [0.717, 1.165) is 25.3 Å². The van der Waals surface area contributed by atoms with Crippen molar-refractivity contribution in [3.8, 4) is 0 Å². The first-order valence-electron chi connectivity index (χ1n) is 5.60. The summed E-state index contributed by atoms with van der Waals surface area (Å²) >= 11 is 0. The number of likely N-dealkylation sites (tertiary alicyclic amines) is 1. The van der Waals surface area contributed by atoms with Gasteiger partial charge in [0, 0.05) is 19.1 Å². The van der Waals surface area contributed by atoms with E-state index in [-0.39, 0.29) is 12.4 Å². The minimum absolute atomic E-state index is 0. The van der Waals surface area contributed by atoms with Gasteiger partial charge in [0.1, 0.15) is 6.26 Å². The molecule has 1 aliphatic heterocycles. The number of aromatic nitrogens is 1. The Morgan fingerprint density at radius 1 is 1.69 bits per heavy atom. The highest BCUT2D eigenvalue weighted by molar-refractivity contribution is 5.85. The number of rotatable bonds is 3. The van der Waals surface area contributed by atoms with Crippen molar-refractivity contribution in [2.24, 2.45) is 11.7 Å². The summed E-state index contributed by atoms with van der Waals surface area (Å²) in [5.41, 5.74) is 6.96. The Hall–Kier alpha value is -0.580. The van der Waals surface area contributed by atoms with Crippen molar-refractivity contribution >= 4 is 12.4 Å². The molecule has 16 heavy (non-hydrogen) atoms. The fourth-order valence-corrected chi connectivity index (χ4v) is 2.21. The second-order valence-electron chi connectivity index (χ2n) is 4.48. The molecule has 2 N–H and O–H groups in total. The Bertz CT molecular complexity index is 289. The highest BCUT2D eigenvalue weighted by Crippen LogP contribution is 2.19. The lowest BCUT2D eigenvalue weighted by atomic mass is 9.92. The second-order valence-corrected chi connectivity index (χ2v) is 4.48. The van der Waals surface area contributed by atoms with Crippen LogP contribution in [0.5, 0.6) is 0 Å². The molecular weight excluding hydrogens is 226 g/mol. The molecule has 0 saturated carbocycles. The summed E-state index contributed by atoms with van der Waals surface area (Å²) in [5, 5.41) is 0. The smallest absolute Gasteiger partial charge is 0.180 e. The van der Waals surface area contributed by atoms with E-state index in [1.807, 2.05) is 0 Å². The molecule has 2 unspecified atom stereocenters. The zero-order valence-corrected chi connectivity index (χ0v) is 10.4. The standard InChI is InChI=1S/C11H19N3O.ClH/c1-9(12)10-3-2-4-14(5-10)6-11-7-15-8-13-11;/h7-10H,2-6,12H2,1H3;1H. The van der Waals surface area contributed by atoms with Gasteiger partial charge in [0.25, 0.3) is 0 Å². The maximum Gasteiger partial charge on any atom is 0.180 e. The van der Waals surface area contributed by atoms with Crippen LogP contribution >= 0.6 is 12.4 Å². The molecule has 1 fully saturated rings. The molecule has 0 aliphatic carbocycles. The lowest BCUT2D eigenvalue weighted by Crippen LogP contribution is -2.41. The summed E-state index contributed by atoms with van der Waals surface area (Å²) in [5.74, 6) is 0.630. The van der Waals surface area contributed by atoms with Crippen LogP contribution in [0, 0.1) is 5.92 Å². The van der Waals surface area contributed by atoms with Gasteiger partial charge in [-0.15, -0.1) is 12.4 Å². The lowest BCUT2D eigenvalue weighted by Gasteiger charge is -2.34. The summed E-state index contributed by atoms with van der Waals surface area (Å²) < 4.78 is 4.97. The van der Waals surface area contributed by atoms with Gasteiger partial charge in [-0.3, -0.25) is 4.90 Å². The quantitative estimate of drug-likeness (QED) is 0.880. The topological polar surface area (TPSA) is 55.3 Å². The number of nitrogens with two attached hydrogens (primary N) is 1. The fraction of sp³-hybridized carbons (Fsp3) is 0.727. The first-order valence-corrected chi connectivity index (χ1v) is 5.60. The Balaban J connectivity index is 0.00000128. The molecule has 2 atom stereocenters. The predicted octanol–water partition coefficient (Wildman–Crippen LogP) is 1.66. The normalized spacial score (nSPS) is 23.8. The third-order valence-electron chi connectivity index (χ3n) is 3.15. The van der Waals surface area contributed by atoms with Crippen molar-refractivity contribution in [3.63, 3.8) is 0 Å². The van der Waals surface area contributed by atoms with Crippen LogP contribution in [0.1, 0.15) is 25.5 Å². The molecule has 2 heterocycles. The van der Waals surface area contributed by atoms with Gasteiger partial charge in [-0.1, -0.05) is 0 Å². The SMILES string of the molecule is CC(N)C1CCCN(Cc2cocn2)C1.Cl. The monoisotopic (exact) mass is 245 g/mol. The summed E-state index contributed by atoms with van der Waals surface area (Å²) in [6.07, 6.45) is 5.70. The molecule has 0 radical (unpaired) electrons. The van der Waals surface area contributed by atoms with Crippen LogP contribution in [0.25, 0.3) is 0 Å². The Labute approximate surface area is 103 Å².